The lowest BCUT2D eigenvalue weighted by Gasteiger charge is -2.38. The number of hydrogen-bond acceptors (Lipinski definition) is 6. The average molecular weight is 485 g/mol. The Labute approximate surface area is 201 Å². The maximum Gasteiger partial charge on any atom is 0.253 e. The van der Waals surface area contributed by atoms with Crippen LogP contribution in [0, 0.1) is 5.92 Å². The molecule has 2 fully saturated rings. The van der Waals surface area contributed by atoms with Crippen molar-refractivity contribution in [3.63, 3.8) is 0 Å². The molecule has 2 atom stereocenters. The van der Waals surface area contributed by atoms with Gasteiger partial charge in [0.2, 0.25) is 0 Å². The molecule has 8 heteroatoms. The van der Waals surface area contributed by atoms with E-state index < -0.39 is 18.6 Å². The molecule has 1 heterocycles. The van der Waals surface area contributed by atoms with Crippen LogP contribution in [0.4, 0.5) is 0 Å². The van der Waals surface area contributed by atoms with Crippen molar-refractivity contribution >= 4 is 29.5 Å². The first-order valence-electron chi connectivity index (χ1n) is 11.5. The summed E-state index contributed by atoms with van der Waals surface area (Å²) in [7, 11) is 1.71. The van der Waals surface area contributed by atoms with Crippen molar-refractivity contribution in [2.45, 2.75) is 75.7 Å². The Bertz CT molecular complexity index is 789. The van der Waals surface area contributed by atoms with Crippen molar-refractivity contribution in [1.82, 2.24) is 9.62 Å². The zero-order valence-corrected chi connectivity index (χ0v) is 21.1. The maximum atomic E-state index is 12.3. The number of aliphatic hydroxyl groups is 2. The third-order valence-electron chi connectivity index (χ3n) is 6.50. The van der Waals surface area contributed by atoms with Crippen LogP contribution in [0.15, 0.2) is 12.1 Å². The van der Waals surface area contributed by atoms with Gasteiger partial charge in [-0.05, 0) is 76.0 Å². The minimum atomic E-state index is -1.34. The van der Waals surface area contributed by atoms with E-state index in [4.69, 9.17) is 21.4 Å². The summed E-state index contributed by atoms with van der Waals surface area (Å²) in [5.41, 5.74) is 2.23. The van der Waals surface area contributed by atoms with Gasteiger partial charge in [0.25, 0.3) is 5.91 Å². The lowest BCUT2D eigenvalue weighted by Crippen LogP contribution is -2.46. The number of methoxy groups -OCH3 is 1. The number of hydrogen-bond donors (Lipinski definition) is 3. The highest BCUT2D eigenvalue weighted by atomic mass is 35.5. The van der Waals surface area contributed by atoms with Gasteiger partial charge in [-0.15, -0.1) is 0 Å². The Kier molecular flexibility index (Phi) is 8.78. The van der Waals surface area contributed by atoms with Gasteiger partial charge in [0.1, 0.15) is 5.75 Å². The Morgan fingerprint density at radius 1 is 1.28 bits per heavy atom. The molecule has 1 aliphatic heterocycles. The van der Waals surface area contributed by atoms with Crippen molar-refractivity contribution in [3.05, 3.63) is 28.3 Å². The number of nitrogens with zero attached hydrogens (tertiary/aromatic N) is 1. The molecule has 3 N–H and O–H groups in total. The molecule has 180 valence electrons. The van der Waals surface area contributed by atoms with Crippen LogP contribution >= 0.6 is 23.5 Å². The molecule has 1 aliphatic carbocycles. The first-order valence-corrected chi connectivity index (χ1v) is 12.7. The number of benzene rings is 1. The number of nitrogens with one attached hydrogen (secondary N) is 1. The lowest BCUT2D eigenvalue weighted by molar-refractivity contribution is -0.143. The van der Waals surface area contributed by atoms with E-state index in [2.05, 4.69) is 37.6 Å². The Hall–Kier alpha value is -0.990. The molecule has 3 rings (SSSR count). The predicted molar refractivity (Wildman–Crippen MR) is 130 cm³/mol. The van der Waals surface area contributed by atoms with Gasteiger partial charge >= 0.3 is 0 Å². The standard InChI is InChI=1S/C24H37ClN2O4S/c1-24(2,3)32-26-22(16-8-10-27(11-9-16)23(30)20(29)14-28)18-12-19(25)17(13-21(18)31-4)15-6-5-7-15/h12-13,15-16,20,22,26,28-29H,5-11,14H2,1-4H3. The van der Waals surface area contributed by atoms with Gasteiger partial charge in [-0.25, -0.2) is 0 Å². The third kappa shape index (κ3) is 6.11. The van der Waals surface area contributed by atoms with Gasteiger partial charge in [-0.1, -0.05) is 30.0 Å². The molecule has 2 aliphatic rings. The molecule has 0 bridgehead atoms. The topological polar surface area (TPSA) is 82.0 Å². The minimum absolute atomic E-state index is 0.0159. The molecular formula is C24H37ClN2O4S. The normalized spacial score (nSPS) is 20.0. The number of likely N-dealkylation sites (tertiary alicyclic amines) is 1. The van der Waals surface area contributed by atoms with E-state index in [1.807, 2.05) is 0 Å². The molecule has 1 aromatic rings. The van der Waals surface area contributed by atoms with Crippen LogP contribution in [0.1, 0.15) is 76.0 Å². The summed E-state index contributed by atoms with van der Waals surface area (Å²) in [5, 5.41) is 19.6. The second-order valence-electron chi connectivity index (χ2n) is 9.91. The number of rotatable bonds is 8. The summed E-state index contributed by atoms with van der Waals surface area (Å²) in [6, 6.07) is 4.21. The van der Waals surface area contributed by atoms with Crippen LogP contribution in [0.25, 0.3) is 0 Å². The number of aliphatic hydroxyl groups excluding tert-OH is 2. The summed E-state index contributed by atoms with van der Waals surface area (Å²) >= 11 is 8.45. The van der Waals surface area contributed by atoms with Crippen LogP contribution in [-0.4, -0.2) is 58.7 Å². The molecule has 1 saturated carbocycles. The molecule has 0 aromatic heterocycles. The fourth-order valence-corrected chi connectivity index (χ4v) is 5.56. The Morgan fingerprint density at radius 3 is 2.44 bits per heavy atom. The molecular weight excluding hydrogens is 448 g/mol. The molecule has 32 heavy (non-hydrogen) atoms. The summed E-state index contributed by atoms with van der Waals surface area (Å²) in [5.74, 6) is 1.26. The Morgan fingerprint density at radius 2 is 1.94 bits per heavy atom. The van der Waals surface area contributed by atoms with E-state index in [1.54, 1.807) is 24.0 Å². The van der Waals surface area contributed by atoms with Crippen LogP contribution in [0.3, 0.4) is 0 Å². The van der Waals surface area contributed by atoms with E-state index in [0.29, 0.717) is 19.0 Å². The summed E-state index contributed by atoms with van der Waals surface area (Å²) in [6.45, 7) is 7.06. The number of ether oxygens (including phenoxy) is 1. The highest BCUT2D eigenvalue weighted by molar-refractivity contribution is 7.98. The van der Waals surface area contributed by atoms with Gasteiger partial charge < -0.3 is 19.8 Å². The van der Waals surface area contributed by atoms with Crippen molar-refractivity contribution in [2.24, 2.45) is 5.92 Å². The molecule has 2 unspecified atom stereocenters. The lowest BCUT2D eigenvalue weighted by atomic mass is 9.78. The fourth-order valence-electron chi connectivity index (χ4n) is 4.43. The number of halogens is 1. The molecule has 6 nitrogen and oxygen atoms in total. The second-order valence-corrected chi connectivity index (χ2v) is 12.0. The summed E-state index contributed by atoms with van der Waals surface area (Å²) in [4.78, 5) is 13.9. The third-order valence-corrected chi connectivity index (χ3v) is 7.81. The van der Waals surface area contributed by atoms with E-state index in [0.717, 1.165) is 29.2 Å². The first kappa shape index (κ1) is 25.6. The van der Waals surface area contributed by atoms with Gasteiger partial charge in [-0.2, -0.15) is 0 Å². The predicted octanol–water partition coefficient (Wildman–Crippen LogP) is 4.29. The molecule has 1 saturated heterocycles. The van der Waals surface area contributed by atoms with Crippen LogP contribution < -0.4 is 9.46 Å². The van der Waals surface area contributed by atoms with Crippen LogP contribution in [0.5, 0.6) is 5.75 Å². The summed E-state index contributed by atoms with van der Waals surface area (Å²) < 4.78 is 9.55. The first-order chi connectivity index (χ1) is 15.1. The zero-order valence-electron chi connectivity index (χ0n) is 19.6. The zero-order chi connectivity index (χ0) is 23.5. The van der Waals surface area contributed by atoms with Crippen LogP contribution in [0.2, 0.25) is 5.02 Å². The monoisotopic (exact) mass is 484 g/mol. The van der Waals surface area contributed by atoms with Gasteiger partial charge in [0, 0.05) is 34.5 Å². The van der Waals surface area contributed by atoms with E-state index in [9.17, 15) is 9.90 Å². The smallest absolute Gasteiger partial charge is 0.253 e. The van der Waals surface area contributed by atoms with Gasteiger partial charge in [-0.3, -0.25) is 9.52 Å². The second kappa shape index (κ2) is 11.0. The molecule has 1 aromatic carbocycles. The van der Waals surface area contributed by atoms with Gasteiger partial charge in [0.15, 0.2) is 6.10 Å². The van der Waals surface area contributed by atoms with Crippen LogP contribution in [-0.2, 0) is 4.79 Å². The highest BCUT2D eigenvalue weighted by Gasteiger charge is 2.34. The Balaban J connectivity index is 1.83. The van der Waals surface area contributed by atoms with Gasteiger partial charge in [0.05, 0.1) is 13.7 Å². The molecule has 0 radical (unpaired) electrons. The summed E-state index contributed by atoms with van der Waals surface area (Å²) in [6.07, 6.45) is 3.84. The minimum Gasteiger partial charge on any atom is -0.496 e. The van der Waals surface area contributed by atoms with Crippen molar-refractivity contribution in [2.75, 3.05) is 26.8 Å². The highest BCUT2D eigenvalue weighted by Crippen LogP contribution is 2.45. The van der Waals surface area contributed by atoms with Crippen molar-refractivity contribution < 1.29 is 19.7 Å². The maximum absolute atomic E-state index is 12.3. The molecule has 1 amide bonds. The van der Waals surface area contributed by atoms with E-state index >= 15 is 0 Å². The average Bonchev–Trinajstić information content (AvgIpc) is 2.72. The molecule has 0 spiro atoms. The number of piperidine rings is 1. The number of amides is 1. The largest absolute Gasteiger partial charge is 0.496 e. The van der Waals surface area contributed by atoms with Crippen molar-refractivity contribution in [3.8, 4) is 5.75 Å². The fraction of sp³-hybridized carbons (Fsp3) is 0.708. The van der Waals surface area contributed by atoms with Crippen molar-refractivity contribution in [1.29, 1.82) is 0 Å². The quantitative estimate of drug-likeness (QED) is 0.477. The SMILES string of the molecule is COc1cc(C2CCC2)c(Cl)cc1C(NSC(C)(C)C)C1CCN(C(=O)C(O)CO)CC1. The number of carbonyl (C=O) groups is 1. The number of carbonyl (C=O) groups excluding carboxylic acids is 1. The van der Waals surface area contributed by atoms with E-state index in [1.165, 1.54) is 24.8 Å². The van der Waals surface area contributed by atoms with E-state index in [-0.39, 0.29) is 16.7 Å².